The minimum atomic E-state index is -1.02. The molecule has 16 heavy (non-hydrogen) atoms. The van der Waals surface area contributed by atoms with Gasteiger partial charge in [-0.1, -0.05) is 31.2 Å². The number of nitrogens with zero attached hydrogens (tertiary/aromatic N) is 1. The monoisotopic (exact) mass is 218 g/mol. The fourth-order valence-electron chi connectivity index (χ4n) is 2.34. The predicted octanol–water partition coefficient (Wildman–Crippen LogP) is 1.20. The Hall–Kier alpha value is -1.71. The lowest BCUT2D eigenvalue weighted by Crippen LogP contribution is -2.52. The number of allylic oxidation sites excluding steroid dienone is 4. The van der Waals surface area contributed by atoms with E-state index in [1.54, 1.807) is 0 Å². The van der Waals surface area contributed by atoms with Gasteiger partial charge in [-0.3, -0.25) is 9.59 Å². The highest BCUT2D eigenvalue weighted by atomic mass is 16.2. The van der Waals surface area contributed by atoms with Crippen LogP contribution < -0.4 is 5.32 Å². The van der Waals surface area contributed by atoms with Crippen molar-refractivity contribution in [2.24, 2.45) is 16.3 Å². The second-order valence-electron chi connectivity index (χ2n) is 4.02. The van der Waals surface area contributed by atoms with E-state index in [1.165, 1.54) is 6.34 Å². The van der Waals surface area contributed by atoms with Gasteiger partial charge in [-0.2, -0.15) is 0 Å². The van der Waals surface area contributed by atoms with E-state index < -0.39 is 5.41 Å². The van der Waals surface area contributed by atoms with Crippen LogP contribution in [0.25, 0.3) is 0 Å². The number of nitrogens with one attached hydrogen (secondary N) is 1. The molecular weight excluding hydrogens is 204 g/mol. The van der Waals surface area contributed by atoms with Gasteiger partial charge in [0.05, 0.1) is 6.34 Å². The zero-order chi connectivity index (χ0) is 11.6. The van der Waals surface area contributed by atoms with Crippen molar-refractivity contribution in [3.05, 3.63) is 24.3 Å². The van der Waals surface area contributed by atoms with E-state index in [0.29, 0.717) is 12.8 Å². The molecular formula is C12H14N2O2. The number of carbonyl (C=O) groups is 2. The number of carbonyl (C=O) groups excluding carboxylic acids is 2. The van der Waals surface area contributed by atoms with Crippen molar-refractivity contribution in [1.82, 2.24) is 5.32 Å². The molecule has 1 aliphatic carbocycles. The van der Waals surface area contributed by atoms with Crippen LogP contribution in [0.2, 0.25) is 0 Å². The van der Waals surface area contributed by atoms with Crippen LogP contribution in [0.15, 0.2) is 29.3 Å². The normalized spacial score (nSPS) is 32.9. The molecule has 0 fully saturated rings. The summed E-state index contributed by atoms with van der Waals surface area (Å²) in [5.41, 5.74) is -1.02. The summed E-state index contributed by atoms with van der Waals surface area (Å²) in [6, 6.07) is 0. The molecule has 2 atom stereocenters. The van der Waals surface area contributed by atoms with Crippen LogP contribution in [-0.2, 0) is 9.59 Å². The van der Waals surface area contributed by atoms with Crippen molar-refractivity contribution in [2.75, 3.05) is 0 Å². The van der Waals surface area contributed by atoms with Gasteiger partial charge in [0.1, 0.15) is 5.41 Å². The second-order valence-corrected chi connectivity index (χ2v) is 4.02. The van der Waals surface area contributed by atoms with Crippen LogP contribution in [0.3, 0.4) is 0 Å². The van der Waals surface area contributed by atoms with Gasteiger partial charge in [-0.25, -0.2) is 4.99 Å². The molecule has 2 rings (SSSR count). The molecule has 0 aromatic carbocycles. The Morgan fingerprint density at radius 1 is 1.50 bits per heavy atom. The van der Waals surface area contributed by atoms with E-state index in [2.05, 4.69) is 10.3 Å². The van der Waals surface area contributed by atoms with E-state index in [9.17, 15) is 9.59 Å². The molecule has 4 nitrogen and oxygen atoms in total. The molecule has 2 unspecified atom stereocenters. The highest BCUT2D eigenvalue weighted by molar-refractivity contribution is 6.14. The van der Waals surface area contributed by atoms with Crippen molar-refractivity contribution < 1.29 is 9.59 Å². The maximum absolute atomic E-state index is 12.0. The topological polar surface area (TPSA) is 58.5 Å². The molecule has 4 heteroatoms. The van der Waals surface area contributed by atoms with Gasteiger partial charge in [0.25, 0.3) is 5.91 Å². The molecule has 0 spiro atoms. The third-order valence-corrected chi connectivity index (χ3v) is 3.34. The summed E-state index contributed by atoms with van der Waals surface area (Å²) in [5, 5.41) is 2.54. The Kier molecular flexibility index (Phi) is 2.73. The second kappa shape index (κ2) is 4.04. The van der Waals surface area contributed by atoms with E-state index in [4.69, 9.17) is 0 Å². The first-order valence-electron chi connectivity index (χ1n) is 5.43. The van der Waals surface area contributed by atoms with Crippen LogP contribution in [0, 0.1) is 11.3 Å². The van der Waals surface area contributed by atoms with Crippen LogP contribution in [-0.4, -0.2) is 18.2 Å². The van der Waals surface area contributed by atoms with Crippen molar-refractivity contribution in [2.45, 2.75) is 19.8 Å². The maximum Gasteiger partial charge on any atom is 0.263 e. The Morgan fingerprint density at radius 2 is 2.31 bits per heavy atom. The number of amides is 2. The smallest absolute Gasteiger partial charge is 0.263 e. The summed E-state index contributed by atoms with van der Waals surface area (Å²) in [6.45, 7) is 1.85. The molecule has 0 aromatic rings. The summed E-state index contributed by atoms with van der Waals surface area (Å²) < 4.78 is 0. The van der Waals surface area contributed by atoms with Gasteiger partial charge < -0.3 is 5.32 Å². The van der Waals surface area contributed by atoms with Crippen LogP contribution in [0.1, 0.15) is 19.8 Å². The zero-order valence-electron chi connectivity index (χ0n) is 9.14. The fraction of sp³-hybridized carbons (Fsp3) is 0.417. The first-order valence-corrected chi connectivity index (χ1v) is 5.43. The number of rotatable bonds is 2. The van der Waals surface area contributed by atoms with Crippen LogP contribution in [0.5, 0.6) is 0 Å². The molecule has 0 saturated carbocycles. The molecule has 1 heterocycles. The summed E-state index contributed by atoms with van der Waals surface area (Å²) >= 11 is 0. The maximum atomic E-state index is 12.0. The average molecular weight is 218 g/mol. The van der Waals surface area contributed by atoms with E-state index >= 15 is 0 Å². The van der Waals surface area contributed by atoms with Crippen LogP contribution >= 0.6 is 0 Å². The predicted molar refractivity (Wildman–Crippen MR) is 60.8 cm³/mol. The SMILES string of the molecule is CCC1(C2C=CC=CC2)C(=O)N=CNC1=O. The van der Waals surface area contributed by atoms with Gasteiger partial charge in [0, 0.05) is 5.92 Å². The third kappa shape index (κ3) is 1.41. The van der Waals surface area contributed by atoms with Gasteiger partial charge in [-0.15, -0.1) is 0 Å². The Labute approximate surface area is 94.1 Å². The van der Waals surface area contributed by atoms with Crippen molar-refractivity contribution in [3.63, 3.8) is 0 Å². The summed E-state index contributed by atoms with van der Waals surface area (Å²) in [6.07, 6.45) is 10.1. The lowest BCUT2D eigenvalue weighted by Gasteiger charge is -2.35. The molecule has 1 N–H and O–H groups in total. The largest absolute Gasteiger partial charge is 0.316 e. The molecule has 0 radical (unpaired) electrons. The molecule has 0 aromatic heterocycles. The van der Waals surface area contributed by atoms with Gasteiger partial charge in [0.2, 0.25) is 5.91 Å². The fourth-order valence-corrected chi connectivity index (χ4v) is 2.34. The lowest BCUT2D eigenvalue weighted by atomic mass is 9.69. The first-order chi connectivity index (χ1) is 7.71. The number of aliphatic imine (C=N–C) groups is 1. The van der Waals surface area contributed by atoms with Gasteiger partial charge >= 0.3 is 0 Å². The number of hydrogen-bond acceptors (Lipinski definition) is 2. The summed E-state index contributed by atoms with van der Waals surface area (Å²) in [5.74, 6) is -0.656. The standard InChI is InChI=1S/C12H14N2O2/c1-2-12(9-6-4-3-5-7-9)10(15)13-8-14-11(12)16/h3-6,8-9H,2,7H2,1H3,(H,13,14,15,16). The molecule has 0 saturated heterocycles. The van der Waals surface area contributed by atoms with Gasteiger partial charge in [-0.05, 0) is 12.8 Å². The van der Waals surface area contributed by atoms with E-state index in [1.807, 2.05) is 31.2 Å². The first kappa shape index (κ1) is 10.8. The molecule has 2 aliphatic rings. The molecule has 0 bridgehead atoms. The molecule has 2 amide bonds. The minimum absolute atomic E-state index is 0.0903. The molecule has 84 valence electrons. The molecule has 1 aliphatic heterocycles. The number of hydrogen-bond donors (Lipinski definition) is 1. The van der Waals surface area contributed by atoms with E-state index in [0.717, 1.165) is 0 Å². The average Bonchev–Trinajstić information content (AvgIpc) is 2.31. The van der Waals surface area contributed by atoms with Crippen molar-refractivity contribution >= 4 is 18.2 Å². The van der Waals surface area contributed by atoms with Crippen molar-refractivity contribution in [3.8, 4) is 0 Å². The minimum Gasteiger partial charge on any atom is -0.316 e. The highest BCUT2D eigenvalue weighted by Gasteiger charge is 2.50. The third-order valence-electron chi connectivity index (χ3n) is 3.34. The zero-order valence-corrected chi connectivity index (χ0v) is 9.14. The Morgan fingerprint density at radius 3 is 2.88 bits per heavy atom. The lowest BCUT2D eigenvalue weighted by molar-refractivity contribution is -0.144. The quantitative estimate of drug-likeness (QED) is 0.708. The highest BCUT2D eigenvalue weighted by Crippen LogP contribution is 2.39. The van der Waals surface area contributed by atoms with Crippen molar-refractivity contribution in [1.29, 1.82) is 0 Å². The van der Waals surface area contributed by atoms with Crippen LogP contribution in [0.4, 0.5) is 0 Å². The summed E-state index contributed by atoms with van der Waals surface area (Å²) in [7, 11) is 0. The Bertz CT molecular complexity index is 409. The van der Waals surface area contributed by atoms with Gasteiger partial charge in [0.15, 0.2) is 0 Å². The summed E-state index contributed by atoms with van der Waals surface area (Å²) in [4.78, 5) is 27.6. The Balaban J connectivity index is 2.41. The van der Waals surface area contributed by atoms with E-state index in [-0.39, 0.29) is 17.7 Å².